The molecular weight excluding hydrogens is 478 g/mol. The minimum Gasteiger partial charge on any atom is -0.496 e. The van der Waals surface area contributed by atoms with E-state index in [-0.39, 0.29) is 12.5 Å². The Bertz CT molecular complexity index is 1330. The number of carbonyl (C=O) groups excluding carboxylic acids is 2. The van der Waals surface area contributed by atoms with Crippen LogP contribution >= 0.6 is 0 Å². The number of anilines is 1. The molecular formula is C31H35N3O4. The van der Waals surface area contributed by atoms with Crippen LogP contribution in [-0.4, -0.2) is 50.6 Å². The number of amides is 2. The number of fused-ring (bicyclic) bond motifs is 1. The van der Waals surface area contributed by atoms with Gasteiger partial charge in [0.15, 0.2) is 0 Å². The summed E-state index contributed by atoms with van der Waals surface area (Å²) in [4.78, 5) is 31.0. The van der Waals surface area contributed by atoms with Gasteiger partial charge in [-0.15, -0.1) is 0 Å². The Labute approximate surface area is 224 Å². The summed E-state index contributed by atoms with van der Waals surface area (Å²) in [5.74, 6) is 0.621. The van der Waals surface area contributed by atoms with Crippen molar-refractivity contribution in [2.45, 2.75) is 39.2 Å². The van der Waals surface area contributed by atoms with Crippen LogP contribution in [0.25, 0.3) is 11.1 Å². The zero-order valence-corrected chi connectivity index (χ0v) is 22.7. The first-order chi connectivity index (χ1) is 18.2. The third kappa shape index (κ3) is 6.40. The largest absolute Gasteiger partial charge is 0.496 e. The van der Waals surface area contributed by atoms with Crippen LogP contribution in [0.1, 0.15) is 43.9 Å². The molecule has 0 fully saturated rings. The maximum Gasteiger partial charge on any atom is 0.407 e. The summed E-state index contributed by atoms with van der Waals surface area (Å²) in [7, 11) is 3.42. The molecule has 0 atom stereocenters. The standard InChI is InChI=1S/C31H35N3O4/c1-31(2,3)38-30(36)32-17-9-10-21-13-15-23(16-14-21)29-25-18-24(22-11-7-6-8-12-22)27(37-5)19-26(25)34(4)28(35)20-33-29/h6-8,11-16,18-19H,9-10,17,20H2,1-5H3,(H,32,36). The maximum absolute atomic E-state index is 12.8. The molecule has 0 unspecified atom stereocenters. The molecule has 3 aromatic rings. The molecule has 0 radical (unpaired) electrons. The van der Waals surface area contributed by atoms with Crippen LogP contribution in [0, 0.1) is 0 Å². The summed E-state index contributed by atoms with van der Waals surface area (Å²) < 4.78 is 11.0. The molecule has 1 N–H and O–H groups in total. The molecule has 7 heteroatoms. The van der Waals surface area contributed by atoms with Gasteiger partial charge in [-0.25, -0.2) is 4.79 Å². The minimum atomic E-state index is -0.508. The average molecular weight is 514 g/mol. The molecule has 38 heavy (non-hydrogen) atoms. The van der Waals surface area contributed by atoms with Crippen LogP contribution in [-0.2, 0) is 16.0 Å². The highest BCUT2D eigenvalue weighted by Crippen LogP contribution is 2.38. The quantitative estimate of drug-likeness (QED) is 0.415. The Morgan fingerprint density at radius 2 is 1.71 bits per heavy atom. The van der Waals surface area contributed by atoms with Crippen molar-refractivity contribution in [2.75, 3.05) is 32.1 Å². The fraction of sp³-hybridized carbons (Fsp3) is 0.323. The molecule has 0 saturated heterocycles. The van der Waals surface area contributed by atoms with Gasteiger partial charge < -0.3 is 19.7 Å². The van der Waals surface area contributed by atoms with E-state index in [9.17, 15) is 9.59 Å². The van der Waals surface area contributed by atoms with Gasteiger partial charge in [0, 0.05) is 36.3 Å². The van der Waals surface area contributed by atoms with E-state index in [2.05, 4.69) is 23.5 Å². The molecule has 1 aliphatic rings. The van der Waals surface area contributed by atoms with Crippen molar-refractivity contribution in [1.82, 2.24) is 5.32 Å². The second kappa shape index (κ2) is 11.5. The molecule has 7 nitrogen and oxygen atoms in total. The van der Waals surface area contributed by atoms with Gasteiger partial charge in [-0.3, -0.25) is 9.79 Å². The molecule has 3 aromatic carbocycles. The van der Waals surface area contributed by atoms with E-state index in [1.54, 1.807) is 19.1 Å². The van der Waals surface area contributed by atoms with Crippen LogP contribution in [0.3, 0.4) is 0 Å². The zero-order chi connectivity index (χ0) is 27.3. The summed E-state index contributed by atoms with van der Waals surface area (Å²) in [6, 6.07) is 22.3. The van der Waals surface area contributed by atoms with Crippen LogP contribution in [0.4, 0.5) is 10.5 Å². The van der Waals surface area contributed by atoms with Crippen LogP contribution < -0.4 is 15.0 Å². The third-order valence-electron chi connectivity index (χ3n) is 6.30. The van der Waals surface area contributed by atoms with Crippen LogP contribution in [0.2, 0.25) is 0 Å². The van der Waals surface area contributed by atoms with Gasteiger partial charge in [-0.05, 0) is 50.8 Å². The van der Waals surface area contributed by atoms with Gasteiger partial charge >= 0.3 is 6.09 Å². The number of hydrogen-bond acceptors (Lipinski definition) is 5. The molecule has 0 aromatic heterocycles. The number of likely N-dealkylation sites (N-methyl/N-ethyl adjacent to an activating group) is 1. The van der Waals surface area contributed by atoms with Crippen LogP contribution in [0.5, 0.6) is 5.75 Å². The predicted molar refractivity (Wildman–Crippen MR) is 151 cm³/mol. The number of nitrogens with one attached hydrogen (secondary N) is 1. The first kappa shape index (κ1) is 26.9. The number of benzene rings is 3. The number of benzodiazepines with no additional fused rings is 1. The number of hydrogen-bond donors (Lipinski definition) is 1. The minimum absolute atomic E-state index is 0.0710. The Kier molecular flexibility index (Phi) is 8.15. The summed E-state index contributed by atoms with van der Waals surface area (Å²) in [5, 5.41) is 2.80. The van der Waals surface area contributed by atoms with Gasteiger partial charge in [0.2, 0.25) is 5.91 Å². The molecule has 0 saturated carbocycles. The summed E-state index contributed by atoms with van der Waals surface area (Å²) in [6.07, 6.45) is 1.21. The van der Waals surface area contributed by atoms with Gasteiger partial charge in [0.1, 0.15) is 17.9 Å². The van der Waals surface area contributed by atoms with E-state index >= 15 is 0 Å². The number of ether oxygens (including phenoxy) is 2. The maximum atomic E-state index is 12.8. The highest BCUT2D eigenvalue weighted by Gasteiger charge is 2.25. The van der Waals surface area contributed by atoms with E-state index in [4.69, 9.17) is 14.5 Å². The fourth-order valence-electron chi connectivity index (χ4n) is 4.39. The zero-order valence-electron chi connectivity index (χ0n) is 22.7. The van der Waals surface area contributed by atoms with E-state index in [0.29, 0.717) is 12.3 Å². The van der Waals surface area contributed by atoms with Crippen molar-refractivity contribution in [3.8, 4) is 16.9 Å². The van der Waals surface area contributed by atoms with E-state index in [0.717, 1.165) is 52.1 Å². The van der Waals surface area contributed by atoms with E-state index in [1.807, 2.05) is 69.3 Å². The Balaban J connectivity index is 1.56. The predicted octanol–water partition coefficient (Wildman–Crippen LogP) is 5.63. The molecule has 198 valence electrons. The first-order valence-electron chi connectivity index (χ1n) is 12.8. The molecule has 1 heterocycles. The third-order valence-corrected chi connectivity index (χ3v) is 6.30. The highest BCUT2D eigenvalue weighted by molar-refractivity contribution is 6.20. The Hall–Kier alpha value is -4.13. The lowest BCUT2D eigenvalue weighted by Gasteiger charge is -2.21. The topological polar surface area (TPSA) is 80.2 Å². The molecule has 2 amide bonds. The Morgan fingerprint density at radius 3 is 2.37 bits per heavy atom. The number of alkyl carbamates (subject to hydrolysis) is 1. The van der Waals surface area contributed by atoms with Crippen molar-refractivity contribution in [2.24, 2.45) is 4.99 Å². The summed E-state index contributed by atoms with van der Waals surface area (Å²) in [5.41, 5.74) is 5.97. The monoisotopic (exact) mass is 513 g/mol. The number of nitrogens with zero attached hydrogens (tertiary/aromatic N) is 2. The van der Waals surface area contributed by atoms with Crippen molar-refractivity contribution in [1.29, 1.82) is 0 Å². The molecule has 1 aliphatic heterocycles. The lowest BCUT2D eigenvalue weighted by molar-refractivity contribution is -0.116. The number of rotatable bonds is 7. The lowest BCUT2D eigenvalue weighted by Crippen LogP contribution is -2.33. The number of aliphatic imine (C=N–C) groups is 1. The Morgan fingerprint density at radius 1 is 1.00 bits per heavy atom. The van der Waals surface area contributed by atoms with Crippen molar-refractivity contribution in [3.05, 3.63) is 83.4 Å². The first-order valence-corrected chi connectivity index (χ1v) is 12.8. The van der Waals surface area contributed by atoms with Gasteiger partial charge in [-0.1, -0.05) is 54.6 Å². The molecule has 0 aliphatic carbocycles. The van der Waals surface area contributed by atoms with E-state index < -0.39 is 11.7 Å². The van der Waals surface area contributed by atoms with Gasteiger partial charge in [0.05, 0.1) is 18.5 Å². The second-order valence-corrected chi connectivity index (χ2v) is 10.3. The lowest BCUT2D eigenvalue weighted by atomic mass is 9.94. The van der Waals surface area contributed by atoms with Crippen molar-refractivity contribution < 1.29 is 19.1 Å². The molecule has 4 rings (SSSR count). The molecule has 0 bridgehead atoms. The fourth-order valence-corrected chi connectivity index (χ4v) is 4.39. The van der Waals surface area contributed by atoms with E-state index in [1.165, 1.54) is 0 Å². The highest BCUT2D eigenvalue weighted by atomic mass is 16.6. The SMILES string of the molecule is COc1cc2c(cc1-c1ccccc1)C(c1ccc(CCCNC(=O)OC(C)(C)C)cc1)=NCC(=O)N2C. The number of methoxy groups -OCH3 is 1. The van der Waals surface area contributed by atoms with Crippen LogP contribution in [0.15, 0.2) is 71.7 Å². The number of carbonyl (C=O) groups is 2. The normalized spacial score (nSPS) is 13.3. The van der Waals surface area contributed by atoms with Crippen molar-refractivity contribution >= 4 is 23.4 Å². The summed E-state index contributed by atoms with van der Waals surface area (Å²) in [6.45, 7) is 6.14. The van der Waals surface area contributed by atoms with Crippen molar-refractivity contribution in [3.63, 3.8) is 0 Å². The van der Waals surface area contributed by atoms with Gasteiger partial charge in [-0.2, -0.15) is 0 Å². The smallest absolute Gasteiger partial charge is 0.407 e. The molecule has 0 spiro atoms. The average Bonchev–Trinajstić information content (AvgIpc) is 3.01. The second-order valence-electron chi connectivity index (χ2n) is 10.3. The summed E-state index contributed by atoms with van der Waals surface area (Å²) >= 11 is 0. The number of aryl methyl sites for hydroxylation is 1. The van der Waals surface area contributed by atoms with Gasteiger partial charge in [0.25, 0.3) is 0 Å².